The predicted octanol–water partition coefficient (Wildman–Crippen LogP) is 1.20. The van der Waals surface area contributed by atoms with Gasteiger partial charge in [0.15, 0.2) is 0 Å². The van der Waals surface area contributed by atoms with Crippen LogP contribution in [0.1, 0.15) is 33.6 Å². The van der Waals surface area contributed by atoms with Crippen molar-refractivity contribution in [3.63, 3.8) is 0 Å². The summed E-state index contributed by atoms with van der Waals surface area (Å²) in [4.78, 5) is 0. The Morgan fingerprint density at radius 2 is 1.47 bits per heavy atom. The number of hydrogen-bond donors (Lipinski definition) is 2. The SMILES string of the molecule is CC(C)O.CCCCOCCOCCO. The quantitative estimate of drug-likeness (QED) is 0.606. The summed E-state index contributed by atoms with van der Waals surface area (Å²) in [5, 5.41) is 16.4. The summed E-state index contributed by atoms with van der Waals surface area (Å²) in [6.07, 6.45) is 2.11. The van der Waals surface area contributed by atoms with Crippen molar-refractivity contribution < 1.29 is 19.7 Å². The van der Waals surface area contributed by atoms with E-state index in [9.17, 15) is 0 Å². The van der Waals surface area contributed by atoms with E-state index < -0.39 is 0 Å². The molecule has 0 saturated heterocycles. The normalized spacial score (nSPS) is 10.0. The molecule has 0 aromatic heterocycles. The second-order valence-corrected chi connectivity index (χ2v) is 3.40. The third kappa shape index (κ3) is 31.6. The molecule has 0 amide bonds. The maximum absolute atomic E-state index is 8.34. The minimum atomic E-state index is -0.167. The van der Waals surface area contributed by atoms with E-state index in [0.717, 1.165) is 19.4 Å². The number of aliphatic hydroxyl groups is 2. The van der Waals surface area contributed by atoms with Crippen molar-refractivity contribution in [1.82, 2.24) is 0 Å². The number of hydrogen-bond acceptors (Lipinski definition) is 4. The monoisotopic (exact) mass is 222 g/mol. The van der Waals surface area contributed by atoms with E-state index in [2.05, 4.69) is 6.92 Å². The van der Waals surface area contributed by atoms with Crippen LogP contribution in [0.2, 0.25) is 0 Å². The van der Waals surface area contributed by atoms with Gasteiger partial charge in [0.2, 0.25) is 0 Å². The average Bonchev–Trinajstić information content (AvgIpc) is 2.16. The molecule has 0 aromatic rings. The lowest BCUT2D eigenvalue weighted by Gasteiger charge is -2.02. The molecule has 0 heterocycles. The first-order chi connectivity index (χ1) is 7.15. The van der Waals surface area contributed by atoms with Crippen molar-refractivity contribution in [3.05, 3.63) is 0 Å². The zero-order valence-corrected chi connectivity index (χ0v) is 10.2. The maximum atomic E-state index is 8.34. The molecule has 15 heavy (non-hydrogen) atoms. The molecule has 0 aliphatic rings. The van der Waals surface area contributed by atoms with E-state index in [1.54, 1.807) is 13.8 Å². The summed E-state index contributed by atoms with van der Waals surface area (Å²) < 4.78 is 10.2. The Morgan fingerprint density at radius 3 is 1.87 bits per heavy atom. The molecule has 94 valence electrons. The van der Waals surface area contributed by atoms with Gasteiger partial charge in [0, 0.05) is 12.7 Å². The zero-order chi connectivity index (χ0) is 11.9. The molecule has 4 heteroatoms. The van der Waals surface area contributed by atoms with Crippen LogP contribution >= 0.6 is 0 Å². The highest BCUT2D eigenvalue weighted by molar-refractivity contribution is 4.33. The molecule has 0 aromatic carbocycles. The number of unbranched alkanes of at least 4 members (excludes halogenated alkanes) is 1. The third-order valence-corrected chi connectivity index (χ3v) is 1.25. The summed E-state index contributed by atoms with van der Waals surface area (Å²) in [5.74, 6) is 0. The zero-order valence-electron chi connectivity index (χ0n) is 10.2. The Hall–Kier alpha value is -0.160. The van der Waals surface area contributed by atoms with Crippen LogP contribution in [0.4, 0.5) is 0 Å². The fourth-order valence-corrected chi connectivity index (χ4v) is 0.633. The van der Waals surface area contributed by atoms with Gasteiger partial charge in [-0.15, -0.1) is 0 Å². The van der Waals surface area contributed by atoms with Gasteiger partial charge in [-0.25, -0.2) is 0 Å². The molecule has 0 unspecified atom stereocenters. The molecule has 2 N–H and O–H groups in total. The maximum Gasteiger partial charge on any atom is 0.0701 e. The first kappa shape index (κ1) is 17.2. The van der Waals surface area contributed by atoms with Crippen molar-refractivity contribution in [2.75, 3.05) is 33.0 Å². The molecule has 0 bridgehead atoms. The van der Waals surface area contributed by atoms with Crippen LogP contribution in [0.15, 0.2) is 0 Å². The van der Waals surface area contributed by atoms with Crippen LogP contribution in [-0.2, 0) is 9.47 Å². The van der Waals surface area contributed by atoms with Crippen molar-refractivity contribution in [2.24, 2.45) is 0 Å². The molecule has 0 aliphatic carbocycles. The number of rotatable bonds is 8. The Kier molecular flexibility index (Phi) is 18.7. The second-order valence-electron chi connectivity index (χ2n) is 3.40. The van der Waals surface area contributed by atoms with Gasteiger partial charge in [-0.05, 0) is 20.3 Å². The molecule has 0 atom stereocenters. The van der Waals surface area contributed by atoms with E-state index >= 15 is 0 Å². The highest BCUT2D eigenvalue weighted by Gasteiger charge is 1.87. The second kappa shape index (κ2) is 16.3. The van der Waals surface area contributed by atoms with Crippen LogP contribution in [0, 0.1) is 0 Å². The van der Waals surface area contributed by atoms with Crippen molar-refractivity contribution >= 4 is 0 Å². The molecule has 4 nitrogen and oxygen atoms in total. The highest BCUT2D eigenvalue weighted by Crippen LogP contribution is 1.87. The van der Waals surface area contributed by atoms with Crippen LogP contribution in [0.25, 0.3) is 0 Å². The fourth-order valence-electron chi connectivity index (χ4n) is 0.633. The van der Waals surface area contributed by atoms with Crippen LogP contribution in [0.3, 0.4) is 0 Å². The molecule has 0 aliphatic heterocycles. The summed E-state index contributed by atoms with van der Waals surface area (Å²) in [7, 11) is 0. The van der Waals surface area contributed by atoms with Crippen LogP contribution in [0.5, 0.6) is 0 Å². The van der Waals surface area contributed by atoms with Gasteiger partial charge in [-0.3, -0.25) is 0 Å². The van der Waals surface area contributed by atoms with Crippen LogP contribution < -0.4 is 0 Å². The van der Waals surface area contributed by atoms with Crippen molar-refractivity contribution in [3.8, 4) is 0 Å². The average molecular weight is 222 g/mol. The Bertz CT molecular complexity index is 85.8. The van der Waals surface area contributed by atoms with E-state index in [0.29, 0.717) is 19.8 Å². The van der Waals surface area contributed by atoms with Gasteiger partial charge < -0.3 is 19.7 Å². The number of ether oxygens (including phenoxy) is 2. The fraction of sp³-hybridized carbons (Fsp3) is 1.00. The minimum Gasteiger partial charge on any atom is -0.394 e. The summed E-state index contributed by atoms with van der Waals surface area (Å²) in [6.45, 7) is 8.13. The first-order valence-corrected chi connectivity index (χ1v) is 5.59. The largest absolute Gasteiger partial charge is 0.394 e. The predicted molar refractivity (Wildman–Crippen MR) is 61.0 cm³/mol. The van der Waals surface area contributed by atoms with Gasteiger partial charge in [-0.2, -0.15) is 0 Å². The van der Waals surface area contributed by atoms with E-state index in [4.69, 9.17) is 19.7 Å². The molecule has 0 rings (SSSR count). The standard InChI is InChI=1S/C8H18O3.C3H8O/c1-2-3-5-10-7-8-11-6-4-9;1-3(2)4/h9H,2-8H2,1H3;3-4H,1-2H3. The van der Waals surface area contributed by atoms with E-state index in [-0.39, 0.29) is 12.7 Å². The minimum absolute atomic E-state index is 0.0922. The number of aliphatic hydroxyl groups excluding tert-OH is 2. The van der Waals surface area contributed by atoms with Gasteiger partial charge in [0.05, 0.1) is 26.4 Å². The van der Waals surface area contributed by atoms with Gasteiger partial charge in [0.25, 0.3) is 0 Å². The topological polar surface area (TPSA) is 58.9 Å². The first-order valence-electron chi connectivity index (χ1n) is 5.59. The Morgan fingerprint density at radius 1 is 1.00 bits per heavy atom. The van der Waals surface area contributed by atoms with E-state index in [1.165, 1.54) is 0 Å². The molecule has 0 radical (unpaired) electrons. The third-order valence-electron chi connectivity index (χ3n) is 1.25. The lowest BCUT2D eigenvalue weighted by Crippen LogP contribution is -2.07. The summed E-state index contributed by atoms with van der Waals surface area (Å²) in [6, 6.07) is 0. The van der Waals surface area contributed by atoms with E-state index in [1.807, 2.05) is 0 Å². The molecule has 0 spiro atoms. The van der Waals surface area contributed by atoms with Gasteiger partial charge in [-0.1, -0.05) is 13.3 Å². The Balaban J connectivity index is 0. The molecular weight excluding hydrogens is 196 g/mol. The summed E-state index contributed by atoms with van der Waals surface area (Å²) >= 11 is 0. The molecule has 0 fully saturated rings. The smallest absolute Gasteiger partial charge is 0.0701 e. The summed E-state index contributed by atoms with van der Waals surface area (Å²) in [5.41, 5.74) is 0. The van der Waals surface area contributed by atoms with Gasteiger partial charge >= 0.3 is 0 Å². The van der Waals surface area contributed by atoms with Gasteiger partial charge in [0.1, 0.15) is 0 Å². The lowest BCUT2D eigenvalue weighted by molar-refractivity contribution is 0.0324. The van der Waals surface area contributed by atoms with Crippen molar-refractivity contribution in [1.29, 1.82) is 0 Å². The molecule has 0 saturated carbocycles. The van der Waals surface area contributed by atoms with Crippen LogP contribution in [-0.4, -0.2) is 49.4 Å². The lowest BCUT2D eigenvalue weighted by atomic mass is 10.4. The molecular formula is C11H26O4. The Labute approximate surface area is 93.2 Å². The highest BCUT2D eigenvalue weighted by atomic mass is 16.5. The van der Waals surface area contributed by atoms with Crippen molar-refractivity contribution in [2.45, 2.75) is 39.7 Å².